The fourth-order valence-electron chi connectivity index (χ4n) is 1.58. The van der Waals surface area contributed by atoms with Crippen LogP contribution in [0, 0.1) is 6.92 Å². The van der Waals surface area contributed by atoms with Crippen LogP contribution in [0.4, 0.5) is 0 Å². The van der Waals surface area contributed by atoms with E-state index in [1.54, 1.807) is 6.92 Å². The topological polar surface area (TPSA) is 95.9 Å². The first-order valence-corrected chi connectivity index (χ1v) is 8.65. The average Bonchev–Trinajstić information content (AvgIpc) is 2.76. The average molecular weight is 336 g/mol. The van der Waals surface area contributed by atoms with Crippen molar-refractivity contribution in [2.24, 2.45) is 0 Å². The summed E-state index contributed by atoms with van der Waals surface area (Å²) in [5.41, 5.74) is 0.429. The number of hydrogen-bond acceptors (Lipinski definition) is 6. The minimum atomic E-state index is -3.84. The van der Waals surface area contributed by atoms with Crippen LogP contribution >= 0.6 is 11.3 Å². The molecule has 0 atom stereocenters. The molecule has 0 aliphatic heterocycles. The summed E-state index contributed by atoms with van der Waals surface area (Å²) in [4.78, 5) is 12.7. The van der Waals surface area contributed by atoms with Gasteiger partial charge in [-0.1, -0.05) is 0 Å². The fourth-order valence-corrected chi connectivity index (χ4v) is 4.22. The first kappa shape index (κ1) is 18.1. The van der Waals surface area contributed by atoms with E-state index in [-0.39, 0.29) is 22.9 Å². The van der Waals surface area contributed by atoms with E-state index in [4.69, 9.17) is 9.84 Å². The molecule has 7 nitrogen and oxygen atoms in total. The lowest BCUT2D eigenvalue weighted by atomic mass is 10.3. The number of thiophene rings is 1. The predicted molar refractivity (Wildman–Crippen MR) is 80.6 cm³/mol. The molecule has 0 unspecified atom stereocenters. The molecule has 1 aromatic heterocycles. The predicted octanol–water partition coefficient (Wildman–Crippen LogP) is 0.611. The fraction of sp³-hybridized carbons (Fsp3) is 0.583. The summed E-state index contributed by atoms with van der Waals surface area (Å²) >= 11 is 0.906. The highest BCUT2D eigenvalue weighted by atomic mass is 32.2. The number of likely N-dealkylation sites (N-methyl/N-ethyl adjacent to an activating group) is 1. The zero-order valence-electron chi connectivity index (χ0n) is 12.2. The summed E-state index contributed by atoms with van der Waals surface area (Å²) in [7, 11) is -0.00660. The van der Waals surface area contributed by atoms with Gasteiger partial charge in [0.25, 0.3) is 0 Å². The highest BCUT2D eigenvalue weighted by molar-refractivity contribution is 7.89. The van der Waals surface area contributed by atoms with Gasteiger partial charge >= 0.3 is 5.97 Å². The molecule has 0 aromatic carbocycles. The molecule has 1 rings (SSSR count). The van der Waals surface area contributed by atoms with Crippen LogP contribution in [-0.4, -0.2) is 64.8 Å². The molecule has 0 amide bonds. The lowest BCUT2D eigenvalue weighted by molar-refractivity contribution is 0.0698. The van der Waals surface area contributed by atoms with Gasteiger partial charge in [0.15, 0.2) is 0 Å². The Labute approximate surface area is 128 Å². The zero-order chi connectivity index (χ0) is 16.0. The summed E-state index contributed by atoms with van der Waals surface area (Å²) in [6.07, 6.45) is 0. The number of sulfonamides is 1. The summed E-state index contributed by atoms with van der Waals surface area (Å²) < 4.78 is 31.9. The van der Waals surface area contributed by atoms with Crippen LogP contribution < -0.4 is 4.72 Å². The number of nitrogens with one attached hydrogen (secondary N) is 1. The van der Waals surface area contributed by atoms with E-state index in [1.807, 2.05) is 19.0 Å². The van der Waals surface area contributed by atoms with Crippen LogP contribution in [0.5, 0.6) is 0 Å². The van der Waals surface area contributed by atoms with Crippen molar-refractivity contribution in [2.45, 2.75) is 11.8 Å². The Kier molecular flexibility index (Phi) is 6.75. The summed E-state index contributed by atoms with van der Waals surface area (Å²) in [6, 6.07) is 0. The molecule has 0 saturated carbocycles. The van der Waals surface area contributed by atoms with E-state index in [0.29, 0.717) is 12.2 Å². The Morgan fingerprint density at radius 1 is 1.43 bits per heavy atom. The van der Waals surface area contributed by atoms with E-state index < -0.39 is 16.0 Å². The second-order valence-corrected chi connectivity index (χ2v) is 7.28. The molecular weight excluding hydrogens is 316 g/mol. The molecule has 21 heavy (non-hydrogen) atoms. The van der Waals surface area contributed by atoms with Crippen LogP contribution in [0.25, 0.3) is 0 Å². The second-order valence-electron chi connectivity index (χ2n) is 4.70. The van der Waals surface area contributed by atoms with Gasteiger partial charge in [-0.15, -0.1) is 11.3 Å². The third-order valence-corrected chi connectivity index (χ3v) is 5.47. The maximum absolute atomic E-state index is 12.1. The van der Waals surface area contributed by atoms with Crippen molar-refractivity contribution < 1.29 is 23.1 Å². The zero-order valence-corrected chi connectivity index (χ0v) is 13.9. The smallest absolute Gasteiger partial charge is 0.347 e. The SMILES string of the molecule is Cc1csc(C(=O)O)c1S(=O)(=O)NCCOCCN(C)C. The van der Waals surface area contributed by atoms with E-state index in [2.05, 4.69) is 4.72 Å². The number of carboxylic acids is 1. The first-order valence-electron chi connectivity index (χ1n) is 6.29. The van der Waals surface area contributed by atoms with Gasteiger partial charge in [-0.3, -0.25) is 0 Å². The highest BCUT2D eigenvalue weighted by Crippen LogP contribution is 2.26. The van der Waals surface area contributed by atoms with E-state index in [9.17, 15) is 13.2 Å². The molecule has 1 heterocycles. The number of carbonyl (C=O) groups is 1. The van der Waals surface area contributed by atoms with Crippen molar-refractivity contribution in [3.63, 3.8) is 0 Å². The van der Waals surface area contributed by atoms with Gasteiger partial charge in [0, 0.05) is 13.1 Å². The number of hydrogen-bond donors (Lipinski definition) is 2. The third-order valence-electron chi connectivity index (χ3n) is 2.60. The van der Waals surface area contributed by atoms with Crippen LogP contribution in [0.15, 0.2) is 10.3 Å². The number of aromatic carboxylic acids is 1. The van der Waals surface area contributed by atoms with Crippen molar-refractivity contribution in [1.82, 2.24) is 9.62 Å². The molecule has 9 heteroatoms. The molecule has 0 radical (unpaired) electrons. The quantitative estimate of drug-likeness (QED) is 0.642. The molecule has 0 aliphatic carbocycles. The van der Waals surface area contributed by atoms with Crippen LogP contribution in [0.1, 0.15) is 15.2 Å². The monoisotopic (exact) mass is 336 g/mol. The van der Waals surface area contributed by atoms with Gasteiger partial charge in [0.1, 0.15) is 9.77 Å². The van der Waals surface area contributed by atoms with Crippen molar-refractivity contribution in [2.75, 3.05) is 40.4 Å². The molecule has 0 bridgehead atoms. The summed E-state index contributed by atoms with van der Waals surface area (Å²) in [6.45, 7) is 3.17. The Hall–Kier alpha value is -1.00. The van der Waals surface area contributed by atoms with Gasteiger partial charge in [-0.2, -0.15) is 0 Å². The van der Waals surface area contributed by atoms with Gasteiger partial charge in [0.05, 0.1) is 13.2 Å². The molecule has 0 fully saturated rings. The van der Waals surface area contributed by atoms with E-state index in [0.717, 1.165) is 17.9 Å². The maximum Gasteiger partial charge on any atom is 0.347 e. The van der Waals surface area contributed by atoms with Crippen molar-refractivity contribution >= 4 is 27.3 Å². The molecule has 120 valence electrons. The number of aryl methyl sites for hydroxylation is 1. The Morgan fingerprint density at radius 3 is 2.67 bits per heavy atom. The number of carboxylic acid groups (broad SMARTS) is 1. The summed E-state index contributed by atoms with van der Waals surface area (Å²) in [5, 5.41) is 10.5. The number of rotatable bonds is 9. The van der Waals surface area contributed by atoms with Crippen LogP contribution in [0.2, 0.25) is 0 Å². The molecule has 0 saturated heterocycles. The molecular formula is C12H20N2O5S2. The Bertz CT molecular complexity index is 580. The standard InChI is InChI=1S/C12H20N2O5S2/c1-9-8-20-10(12(15)16)11(9)21(17,18)13-4-6-19-7-5-14(2)3/h8,13H,4-7H2,1-3H3,(H,15,16). The minimum Gasteiger partial charge on any atom is -0.477 e. The van der Waals surface area contributed by atoms with E-state index >= 15 is 0 Å². The number of nitrogens with zero attached hydrogens (tertiary/aromatic N) is 1. The van der Waals surface area contributed by atoms with Gasteiger partial charge in [-0.05, 0) is 32.0 Å². The number of ether oxygens (including phenoxy) is 1. The molecule has 0 aliphatic rings. The normalized spacial score (nSPS) is 12.0. The lowest BCUT2D eigenvalue weighted by Gasteiger charge is -2.11. The molecule has 1 aromatic rings. The lowest BCUT2D eigenvalue weighted by Crippen LogP contribution is -2.29. The second kappa shape index (κ2) is 7.85. The minimum absolute atomic E-state index is 0.101. The van der Waals surface area contributed by atoms with Gasteiger partial charge < -0.3 is 14.7 Å². The van der Waals surface area contributed by atoms with Crippen molar-refractivity contribution in [3.8, 4) is 0 Å². The van der Waals surface area contributed by atoms with Gasteiger partial charge in [-0.25, -0.2) is 17.9 Å². The molecule has 2 N–H and O–H groups in total. The van der Waals surface area contributed by atoms with Crippen LogP contribution in [-0.2, 0) is 14.8 Å². The first-order chi connectivity index (χ1) is 9.75. The van der Waals surface area contributed by atoms with E-state index in [1.165, 1.54) is 5.38 Å². The Morgan fingerprint density at radius 2 is 2.10 bits per heavy atom. The van der Waals surface area contributed by atoms with Crippen molar-refractivity contribution in [3.05, 3.63) is 15.8 Å². The van der Waals surface area contributed by atoms with Gasteiger partial charge in [0.2, 0.25) is 10.0 Å². The van der Waals surface area contributed by atoms with Crippen molar-refractivity contribution in [1.29, 1.82) is 0 Å². The largest absolute Gasteiger partial charge is 0.477 e. The molecule has 0 spiro atoms. The van der Waals surface area contributed by atoms with Crippen LogP contribution in [0.3, 0.4) is 0 Å². The summed E-state index contributed by atoms with van der Waals surface area (Å²) in [5.74, 6) is -1.24. The third kappa shape index (κ3) is 5.36. The highest BCUT2D eigenvalue weighted by Gasteiger charge is 2.26. The Balaban J connectivity index is 2.59. The maximum atomic E-state index is 12.1.